The Morgan fingerprint density at radius 3 is 2.45 bits per heavy atom. The number of likely N-dealkylation sites (tertiary alicyclic amines) is 1. The van der Waals surface area contributed by atoms with Crippen LogP contribution in [0, 0.1) is 0 Å². The highest BCUT2D eigenvalue weighted by Gasteiger charge is 2.23. The molecule has 1 saturated heterocycles. The number of fused-ring (bicyclic) bond motifs is 1. The van der Waals surface area contributed by atoms with Crippen LogP contribution in [0.3, 0.4) is 0 Å². The summed E-state index contributed by atoms with van der Waals surface area (Å²) in [5, 5.41) is 9.98. The van der Waals surface area contributed by atoms with Gasteiger partial charge in [-0.05, 0) is 73.3 Å². The van der Waals surface area contributed by atoms with Crippen molar-refractivity contribution in [1.29, 1.82) is 0 Å². The number of nitrogens with zero attached hydrogens (tertiary/aromatic N) is 5. The molecule has 1 aliphatic heterocycles. The third-order valence-electron chi connectivity index (χ3n) is 6.38. The Labute approximate surface area is 191 Å². The van der Waals surface area contributed by atoms with Gasteiger partial charge in [0.1, 0.15) is 11.5 Å². The molecule has 0 unspecified atom stereocenters. The molecule has 1 fully saturated rings. The molecule has 1 aliphatic rings. The highest BCUT2D eigenvalue weighted by molar-refractivity contribution is 5.93. The number of hydroxylamine groups is 1. The maximum absolute atomic E-state index is 11.5. The lowest BCUT2D eigenvalue weighted by Crippen LogP contribution is -2.33. The third-order valence-corrected chi connectivity index (χ3v) is 6.38. The number of rotatable bonds is 6. The van der Waals surface area contributed by atoms with E-state index in [0.717, 1.165) is 49.5 Å². The smallest absolute Gasteiger partial charge is 0.274 e. The van der Waals surface area contributed by atoms with Gasteiger partial charge in [0.15, 0.2) is 0 Å². The van der Waals surface area contributed by atoms with E-state index >= 15 is 0 Å². The van der Waals surface area contributed by atoms with Gasteiger partial charge >= 0.3 is 0 Å². The number of carbonyl (C=O) groups is 1. The Morgan fingerprint density at radius 2 is 1.73 bits per heavy atom. The minimum absolute atomic E-state index is 0.421. The Hall–Kier alpha value is -3.62. The minimum atomic E-state index is -0.512. The number of carbonyl (C=O) groups excluding carboxylic acids is 1. The zero-order valence-electron chi connectivity index (χ0n) is 18.3. The quantitative estimate of drug-likeness (QED) is 0.351. The number of hydrogen-bond donors (Lipinski definition) is 2. The lowest BCUT2D eigenvalue weighted by molar-refractivity contribution is 0.0706. The van der Waals surface area contributed by atoms with Crippen LogP contribution >= 0.6 is 0 Å². The van der Waals surface area contributed by atoms with Crippen molar-refractivity contribution >= 4 is 16.9 Å². The average molecular weight is 443 g/mol. The molecular formula is C25H26N6O2. The first-order valence-electron chi connectivity index (χ1n) is 11.2. The summed E-state index contributed by atoms with van der Waals surface area (Å²) >= 11 is 0. The van der Waals surface area contributed by atoms with E-state index in [-0.39, 0.29) is 0 Å². The van der Waals surface area contributed by atoms with Gasteiger partial charge in [0.2, 0.25) is 0 Å². The van der Waals surface area contributed by atoms with E-state index in [0.29, 0.717) is 18.0 Å². The standard InChI is InChI=1S/C25H26N6O2/c32-25(29-33)20-4-2-18(3-5-20)16-31-15-9-22-21(6-12-28-24(22)31)19-7-13-30(14-8-19)17-23-26-10-1-11-27-23/h1-6,9-12,15,19,33H,7-8,13-14,16-17H2,(H,29,32). The van der Waals surface area contributed by atoms with Crippen LogP contribution in [0.5, 0.6) is 0 Å². The number of pyridine rings is 1. The van der Waals surface area contributed by atoms with Crippen molar-refractivity contribution in [3.8, 4) is 0 Å². The van der Waals surface area contributed by atoms with Crippen molar-refractivity contribution in [2.45, 2.75) is 31.8 Å². The summed E-state index contributed by atoms with van der Waals surface area (Å²) < 4.78 is 2.14. The topological polar surface area (TPSA) is 96.2 Å². The average Bonchev–Trinajstić information content (AvgIpc) is 3.28. The van der Waals surface area contributed by atoms with Crippen LogP contribution in [0.15, 0.2) is 67.3 Å². The predicted octanol–water partition coefficient (Wildman–Crippen LogP) is 3.37. The molecule has 1 aromatic carbocycles. The van der Waals surface area contributed by atoms with Gasteiger partial charge in [-0.3, -0.25) is 14.9 Å². The second-order valence-electron chi connectivity index (χ2n) is 8.43. The largest absolute Gasteiger partial charge is 0.328 e. The molecule has 8 nitrogen and oxygen atoms in total. The van der Waals surface area contributed by atoms with Gasteiger partial charge in [0.25, 0.3) is 5.91 Å². The van der Waals surface area contributed by atoms with Crippen LogP contribution in [-0.4, -0.2) is 48.6 Å². The number of nitrogens with one attached hydrogen (secondary N) is 1. The van der Waals surface area contributed by atoms with Gasteiger partial charge in [0, 0.05) is 42.3 Å². The van der Waals surface area contributed by atoms with Crippen molar-refractivity contribution in [3.63, 3.8) is 0 Å². The van der Waals surface area contributed by atoms with Gasteiger partial charge in [0.05, 0.1) is 6.54 Å². The number of amides is 1. The Kier molecular flexibility index (Phi) is 6.10. The first kappa shape index (κ1) is 21.2. The SMILES string of the molecule is O=C(NO)c1ccc(Cn2ccc3c(C4CCN(Cc5ncccn5)CC4)ccnc32)cc1. The molecule has 8 heteroatoms. The van der Waals surface area contributed by atoms with Crippen molar-refractivity contribution in [1.82, 2.24) is 29.9 Å². The normalized spacial score (nSPS) is 15.1. The van der Waals surface area contributed by atoms with E-state index in [4.69, 9.17) is 5.21 Å². The molecule has 0 aliphatic carbocycles. The zero-order chi connectivity index (χ0) is 22.6. The van der Waals surface area contributed by atoms with Crippen molar-refractivity contribution < 1.29 is 10.0 Å². The molecule has 5 rings (SSSR count). The maximum atomic E-state index is 11.5. The lowest BCUT2D eigenvalue weighted by atomic mass is 9.88. The number of piperidine rings is 1. The monoisotopic (exact) mass is 442 g/mol. The lowest BCUT2D eigenvalue weighted by Gasteiger charge is -2.31. The van der Waals surface area contributed by atoms with Crippen LogP contribution in [0.2, 0.25) is 0 Å². The minimum Gasteiger partial charge on any atom is -0.328 e. The van der Waals surface area contributed by atoms with E-state index in [1.165, 1.54) is 10.9 Å². The molecule has 4 aromatic rings. The molecule has 1 amide bonds. The van der Waals surface area contributed by atoms with Crippen LogP contribution in [-0.2, 0) is 13.1 Å². The molecule has 0 saturated carbocycles. The summed E-state index contributed by atoms with van der Waals surface area (Å²) in [7, 11) is 0. The van der Waals surface area contributed by atoms with Crippen molar-refractivity contribution in [2.24, 2.45) is 0 Å². The highest BCUT2D eigenvalue weighted by atomic mass is 16.5. The van der Waals surface area contributed by atoms with Crippen LogP contribution < -0.4 is 5.48 Å². The van der Waals surface area contributed by atoms with E-state index in [1.807, 2.05) is 24.4 Å². The summed E-state index contributed by atoms with van der Waals surface area (Å²) in [6, 6.07) is 13.4. The summed E-state index contributed by atoms with van der Waals surface area (Å²) in [6.45, 7) is 3.52. The molecule has 168 valence electrons. The van der Waals surface area contributed by atoms with Crippen LogP contribution in [0.4, 0.5) is 0 Å². The first-order valence-corrected chi connectivity index (χ1v) is 11.2. The molecule has 4 heterocycles. The Bertz CT molecular complexity index is 1230. The highest BCUT2D eigenvalue weighted by Crippen LogP contribution is 2.33. The fourth-order valence-electron chi connectivity index (χ4n) is 4.63. The van der Waals surface area contributed by atoms with Crippen LogP contribution in [0.1, 0.15) is 46.1 Å². The predicted molar refractivity (Wildman–Crippen MR) is 124 cm³/mol. The summed E-state index contributed by atoms with van der Waals surface area (Å²) in [5.74, 6) is 0.876. The zero-order valence-corrected chi connectivity index (χ0v) is 18.3. The van der Waals surface area contributed by atoms with Gasteiger partial charge in [-0.25, -0.2) is 20.4 Å². The number of benzene rings is 1. The van der Waals surface area contributed by atoms with E-state index in [9.17, 15) is 4.79 Å². The second-order valence-corrected chi connectivity index (χ2v) is 8.43. The fourth-order valence-corrected chi connectivity index (χ4v) is 4.63. The fraction of sp³-hybridized carbons (Fsp3) is 0.280. The second kappa shape index (κ2) is 9.48. The van der Waals surface area contributed by atoms with Gasteiger partial charge in [-0.2, -0.15) is 0 Å². The first-order chi connectivity index (χ1) is 16.2. The van der Waals surface area contributed by atoms with Crippen molar-refractivity contribution in [2.75, 3.05) is 13.1 Å². The molecule has 33 heavy (non-hydrogen) atoms. The molecular weight excluding hydrogens is 416 g/mol. The Morgan fingerprint density at radius 1 is 0.970 bits per heavy atom. The van der Waals surface area contributed by atoms with Gasteiger partial charge < -0.3 is 4.57 Å². The maximum Gasteiger partial charge on any atom is 0.274 e. The van der Waals surface area contributed by atoms with Gasteiger partial charge in [-0.1, -0.05) is 12.1 Å². The van der Waals surface area contributed by atoms with Gasteiger partial charge in [-0.15, -0.1) is 0 Å². The molecule has 2 N–H and O–H groups in total. The van der Waals surface area contributed by atoms with E-state index in [2.05, 4.69) is 42.7 Å². The molecule has 0 atom stereocenters. The molecule has 0 bridgehead atoms. The summed E-state index contributed by atoms with van der Waals surface area (Å²) in [6.07, 6.45) is 9.79. The summed E-state index contributed by atoms with van der Waals surface area (Å²) in [4.78, 5) is 27.3. The molecule has 0 spiro atoms. The Balaban J connectivity index is 1.28. The molecule has 0 radical (unpaired) electrons. The number of aromatic nitrogens is 4. The van der Waals surface area contributed by atoms with E-state index < -0.39 is 5.91 Å². The van der Waals surface area contributed by atoms with Crippen molar-refractivity contribution in [3.05, 3.63) is 89.8 Å². The molecule has 3 aromatic heterocycles. The van der Waals surface area contributed by atoms with Crippen LogP contribution in [0.25, 0.3) is 11.0 Å². The summed E-state index contributed by atoms with van der Waals surface area (Å²) in [5.41, 5.74) is 5.48. The van der Waals surface area contributed by atoms with E-state index in [1.54, 1.807) is 30.0 Å². The number of hydrogen-bond acceptors (Lipinski definition) is 6. The third kappa shape index (κ3) is 4.62.